The molecule has 88 valence electrons. The molecule has 0 bridgehead atoms. The van der Waals surface area contributed by atoms with Gasteiger partial charge in [0.1, 0.15) is 6.04 Å². The molecule has 0 aromatic heterocycles. The molecule has 0 heterocycles. The molecule has 0 fully saturated rings. The van der Waals surface area contributed by atoms with Crippen LogP contribution in [0, 0.1) is 0 Å². The fourth-order valence-corrected chi connectivity index (χ4v) is 1.17. The molecule has 0 aromatic rings. The van der Waals surface area contributed by atoms with Crippen LogP contribution in [0.4, 0.5) is 13.2 Å². The Balaban J connectivity index is 4.57. The predicted molar refractivity (Wildman–Crippen MR) is 56.3 cm³/mol. The number of hydrogen-bond donors (Lipinski definition) is 1. The number of halogens is 3. The Morgan fingerprint density at radius 2 is 2.07 bits per heavy atom. The van der Waals surface area contributed by atoms with Gasteiger partial charge in [-0.05, 0) is 27.0 Å². The molecule has 1 unspecified atom stereocenters. The lowest BCUT2D eigenvalue weighted by molar-refractivity contribution is -0.152. The van der Waals surface area contributed by atoms with Gasteiger partial charge in [0.15, 0.2) is 0 Å². The second-order valence-electron chi connectivity index (χ2n) is 3.05. The minimum atomic E-state index is -4.23. The van der Waals surface area contributed by atoms with E-state index in [1.807, 2.05) is 0 Å². The first-order chi connectivity index (χ1) is 6.95. The van der Waals surface area contributed by atoms with Crippen molar-refractivity contribution in [2.24, 2.45) is 4.99 Å². The fraction of sp³-hybridized carbons (Fsp3) is 0.700. The van der Waals surface area contributed by atoms with E-state index in [-0.39, 0.29) is 6.42 Å². The predicted octanol–water partition coefficient (Wildman–Crippen LogP) is 2.56. The number of nitrogens with one attached hydrogen (secondary N) is 1. The lowest BCUT2D eigenvalue weighted by Gasteiger charge is -2.19. The van der Waals surface area contributed by atoms with E-state index in [2.05, 4.69) is 10.3 Å². The van der Waals surface area contributed by atoms with E-state index in [4.69, 9.17) is 0 Å². The summed E-state index contributed by atoms with van der Waals surface area (Å²) in [4.78, 5) is 4.00. The third-order valence-corrected chi connectivity index (χ3v) is 1.88. The van der Waals surface area contributed by atoms with E-state index in [1.54, 1.807) is 26.0 Å². The van der Waals surface area contributed by atoms with Gasteiger partial charge in [-0.3, -0.25) is 4.99 Å². The Hall–Kier alpha value is -0.840. The normalized spacial score (nSPS) is 16.0. The highest BCUT2D eigenvalue weighted by molar-refractivity contribution is 5.95. The van der Waals surface area contributed by atoms with Crippen LogP contribution in [0.1, 0.15) is 20.3 Å². The molecule has 0 saturated heterocycles. The number of hydrogen-bond acceptors (Lipinski definition) is 2. The van der Waals surface area contributed by atoms with Gasteiger partial charge in [-0.2, -0.15) is 13.2 Å². The van der Waals surface area contributed by atoms with Gasteiger partial charge in [-0.25, -0.2) is 0 Å². The summed E-state index contributed by atoms with van der Waals surface area (Å²) in [6, 6.07) is -1.53. The average Bonchev–Trinajstić information content (AvgIpc) is 2.12. The zero-order valence-electron chi connectivity index (χ0n) is 9.23. The van der Waals surface area contributed by atoms with Crippen LogP contribution in [-0.4, -0.2) is 31.5 Å². The summed E-state index contributed by atoms with van der Waals surface area (Å²) in [6.45, 7) is 4.05. The molecule has 0 aromatic carbocycles. The maximum atomic E-state index is 12.4. The van der Waals surface area contributed by atoms with Crippen molar-refractivity contribution in [2.75, 3.05) is 13.6 Å². The zero-order chi connectivity index (χ0) is 11.9. The molecule has 0 radical (unpaired) electrons. The van der Waals surface area contributed by atoms with Crippen LogP contribution in [0.2, 0.25) is 0 Å². The average molecular weight is 222 g/mol. The zero-order valence-corrected chi connectivity index (χ0v) is 9.23. The number of alkyl halides is 3. The van der Waals surface area contributed by atoms with Gasteiger partial charge < -0.3 is 5.32 Å². The van der Waals surface area contributed by atoms with Gasteiger partial charge in [-0.1, -0.05) is 6.08 Å². The summed E-state index contributed by atoms with van der Waals surface area (Å²) >= 11 is 0. The van der Waals surface area contributed by atoms with Crippen molar-refractivity contribution in [1.82, 2.24) is 5.32 Å². The van der Waals surface area contributed by atoms with Crippen molar-refractivity contribution in [1.29, 1.82) is 0 Å². The van der Waals surface area contributed by atoms with Gasteiger partial charge in [0, 0.05) is 18.7 Å². The molecular formula is C10H17F3N2. The molecule has 0 spiro atoms. The molecule has 0 amide bonds. The van der Waals surface area contributed by atoms with Crippen molar-refractivity contribution in [3.8, 4) is 0 Å². The van der Waals surface area contributed by atoms with Crippen LogP contribution in [0.3, 0.4) is 0 Å². The highest BCUT2D eigenvalue weighted by Gasteiger charge is 2.38. The Morgan fingerprint density at radius 3 is 2.40 bits per heavy atom. The van der Waals surface area contributed by atoms with Crippen molar-refractivity contribution in [3.63, 3.8) is 0 Å². The van der Waals surface area contributed by atoms with E-state index in [1.165, 1.54) is 7.05 Å². The van der Waals surface area contributed by atoms with E-state index in [0.717, 1.165) is 0 Å². The number of nitrogens with zero attached hydrogens (tertiary/aromatic N) is 1. The summed E-state index contributed by atoms with van der Waals surface area (Å²) in [5.41, 5.74) is 0.469. The maximum absolute atomic E-state index is 12.4. The van der Waals surface area contributed by atoms with Gasteiger partial charge in [0.25, 0.3) is 0 Å². The van der Waals surface area contributed by atoms with Crippen LogP contribution in [0.5, 0.6) is 0 Å². The second kappa shape index (κ2) is 6.61. The minimum absolute atomic E-state index is 0.127. The third-order valence-electron chi connectivity index (χ3n) is 1.88. The largest absolute Gasteiger partial charge is 0.404 e. The van der Waals surface area contributed by atoms with E-state index < -0.39 is 12.2 Å². The van der Waals surface area contributed by atoms with Crippen molar-refractivity contribution < 1.29 is 13.2 Å². The molecule has 5 heteroatoms. The van der Waals surface area contributed by atoms with Crippen molar-refractivity contribution >= 4 is 5.71 Å². The Labute approximate surface area is 88.3 Å². The van der Waals surface area contributed by atoms with E-state index in [9.17, 15) is 13.2 Å². The van der Waals surface area contributed by atoms with Crippen LogP contribution < -0.4 is 5.32 Å². The second-order valence-corrected chi connectivity index (χ2v) is 3.05. The van der Waals surface area contributed by atoms with Crippen LogP contribution in [0.25, 0.3) is 0 Å². The van der Waals surface area contributed by atoms with Gasteiger partial charge in [0.2, 0.25) is 0 Å². The standard InChI is InChI=1S/C10H17F3N2/c1-4-6-8(15-5-2)7-9(14-3)10(11,12)13/h4,6,9,14H,5,7H2,1-3H3/b6-4-,15-8?. The monoisotopic (exact) mass is 222 g/mol. The Kier molecular flexibility index (Phi) is 6.24. The van der Waals surface area contributed by atoms with Gasteiger partial charge in [-0.15, -0.1) is 0 Å². The molecule has 2 nitrogen and oxygen atoms in total. The fourth-order valence-electron chi connectivity index (χ4n) is 1.17. The number of allylic oxidation sites excluding steroid dienone is 2. The minimum Gasteiger partial charge on any atom is -0.309 e. The SMILES string of the molecule is C/C=C\C(CC(NC)C(F)(F)F)=NCC. The summed E-state index contributed by atoms with van der Waals surface area (Å²) < 4.78 is 37.3. The van der Waals surface area contributed by atoms with Crippen LogP contribution in [-0.2, 0) is 0 Å². The van der Waals surface area contributed by atoms with Crippen molar-refractivity contribution in [2.45, 2.75) is 32.5 Å². The van der Waals surface area contributed by atoms with E-state index >= 15 is 0 Å². The maximum Gasteiger partial charge on any atom is 0.404 e. The molecule has 0 aliphatic rings. The molecule has 0 aliphatic carbocycles. The third kappa shape index (κ3) is 5.57. The molecule has 0 aliphatic heterocycles. The van der Waals surface area contributed by atoms with Gasteiger partial charge in [0.05, 0.1) is 0 Å². The highest BCUT2D eigenvalue weighted by Crippen LogP contribution is 2.22. The summed E-state index contributed by atoms with van der Waals surface area (Å²) in [6.07, 6.45) is -1.06. The van der Waals surface area contributed by atoms with Crippen LogP contribution in [0.15, 0.2) is 17.1 Å². The summed E-state index contributed by atoms with van der Waals surface area (Å²) in [5, 5.41) is 2.25. The first-order valence-corrected chi connectivity index (χ1v) is 4.85. The Bertz CT molecular complexity index is 231. The smallest absolute Gasteiger partial charge is 0.309 e. The van der Waals surface area contributed by atoms with Crippen molar-refractivity contribution in [3.05, 3.63) is 12.2 Å². The first kappa shape index (κ1) is 14.2. The van der Waals surface area contributed by atoms with E-state index in [0.29, 0.717) is 12.3 Å². The first-order valence-electron chi connectivity index (χ1n) is 4.85. The lowest BCUT2D eigenvalue weighted by Crippen LogP contribution is -2.41. The number of aliphatic imine (C=N–C) groups is 1. The number of rotatable bonds is 5. The lowest BCUT2D eigenvalue weighted by atomic mass is 10.1. The molecule has 1 N–H and O–H groups in total. The summed E-state index contributed by atoms with van der Waals surface area (Å²) in [7, 11) is 1.30. The molecule has 0 saturated carbocycles. The van der Waals surface area contributed by atoms with Gasteiger partial charge >= 0.3 is 6.18 Å². The molecular weight excluding hydrogens is 205 g/mol. The quantitative estimate of drug-likeness (QED) is 0.710. The topological polar surface area (TPSA) is 24.4 Å². The summed E-state index contributed by atoms with van der Waals surface area (Å²) in [5.74, 6) is 0. The molecule has 15 heavy (non-hydrogen) atoms. The molecule has 0 rings (SSSR count). The van der Waals surface area contributed by atoms with Crippen LogP contribution >= 0.6 is 0 Å². The highest BCUT2D eigenvalue weighted by atomic mass is 19.4. The Morgan fingerprint density at radius 1 is 1.47 bits per heavy atom. The molecule has 1 atom stereocenters.